The van der Waals surface area contributed by atoms with Crippen LogP contribution >= 0.6 is 0 Å². The summed E-state index contributed by atoms with van der Waals surface area (Å²) in [7, 11) is 1.50. The van der Waals surface area contributed by atoms with Gasteiger partial charge in [0, 0.05) is 25.7 Å². The molecule has 0 aliphatic carbocycles. The van der Waals surface area contributed by atoms with Crippen molar-refractivity contribution in [3.05, 3.63) is 48.2 Å². The lowest BCUT2D eigenvalue weighted by Crippen LogP contribution is -2.44. The lowest BCUT2D eigenvalue weighted by molar-refractivity contribution is -0.137. The molecule has 6 nitrogen and oxygen atoms in total. The van der Waals surface area contributed by atoms with Crippen LogP contribution in [-0.2, 0) is 15.8 Å². The smallest absolute Gasteiger partial charge is 0.350 e. The molecule has 1 aliphatic rings. The molecule has 3 rings (SSSR count). The summed E-state index contributed by atoms with van der Waals surface area (Å²) in [6.07, 6.45) is -3.32. The van der Waals surface area contributed by atoms with E-state index in [1.54, 1.807) is 31.2 Å². The van der Waals surface area contributed by atoms with E-state index in [9.17, 15) is 22.8 Å². The third kappa shape index (κ3) is 4.08. The van der Waals surface area contributed by atoms with Crippen LogP contribution in [0.5, 0.6) is 0 Å². The molecule has 1 aliphatic heterocycles. The first kappa shape index (κ1) is 19.7. The number of carbonyl (C=O) groups excluding carboxylic acids is 2. The lowest BCUT2D eigenvalue weighted by Gasteiger charge is -2.30. The van der Waals surface area contributed by atoms with Crippen molar-refractivity contribution in [2.45, 2.75) is 25.6 Å². The summed E-state index contributed by atoms with van der Waals surface area (Å²) in [6.45, 7) is 1.56. The van der Waals surface area contributed by atoms with Crippen LogP contribution in [-0.4, -0.2) is 36.4 Å². The van der Waals surface area contributed by atoms with Crippen LogP contribution in [0.1, 0.15) is 18.9 Å². The Morgan fingerprint density at radius 3 is 2.75 bits per heavy atom. The highest BCUT2D eigenvalue weighted by atomic mass is 19.4. The fourth-order valence-corrected chi connectivity index (χ4v) is 3.13. The molecule has 1 N–H and O–H groups in total. The number of anilines is 3. The first-order valence-electron chi connectivity index (χ1n) is 8.62. The van der Waals surface area contributed by atoms with Crippen LogP contribution in [0.25, 0.3) is 0 Å². The van der Waals surface area contributed by atoms with E-state index in [0.717, 1.165) is 18.3 Å². The number of rotatable bonds is 3. The molecule has 1 atom stereocenters. The van der Waals surface area contributed by atoms with E-state index >= 15 is 0 Å². The van der Waals surface area contributed by atoms with Gasteiger partial charge in [0.2, 0.25) is 11.8 Å². The zero-order chi connectivity index (χ0) is 20.5. The van der Waals surface area contributed by atoms with Crippen molar-refractivity contribution in [2.24, 2.45) is 0 Å². The Morgan fingerprint density at radius 2 is 2.04 bits per heavy atom. The highest BCUT2D eigenvalue weighted by Crippen LogP contribution is 2.32. The fourth-order valence-electron chi connectivity index (χ4n) is 3.13. The van der Waals surface area contributed by atoms with Gasteiger partial charge in [0.15, 0.2) is 0 Å². The number of para-hydroxylation sites is 2. The number of carbonyl (C=O) groups is 2. The number of nitrogens with one attached hydrogen (secondary N) is 1. The van der Waals surface area contributed by atoms with Crippen molar-refractivity contribution in [2.75, 3.05) is 28.7 Å². The van der Waals surface area contributed by atoms with Gasteiger partial charge in [-0.1, -0.05) is 12.1 Å². The van der Waals surface area contributed by atoms with Crippen molar-refractivity contribution >= 4 is 29.0 Å². The molecular weight excluding hydrogens is 373 g/mol. The molecule has 0 radical (unpaired) electrons. The fraction of sp³-hybridized carbons (Fsp3) is 0.316. The van der Waals surface area contributed by atoms with Crippen molar-refractivity contribution in [1.82, 2.24) is 4.98 Å². The number of alkyl halides is 3. The van der Waals surface area contributed by atoms with Gasteiger partial charge in [-0.25, -0.2) is 4.98 Å². The average molecular weight is 392 g/mol. The van der Waals surface area contributed by atoms with Crippen LogP contribution in [0.4, 0.5) is 30.4 Å². The average Bonchev–Trinajstić information content (AvgIpc) is 2.75. The number of pyridine rings is 1. The first-order valence-corrected chi connectivity index (χ1v) is 8.62. The highest BCUT2D eigenvalue weighted by molar-refractivity contribution is 6.05. The molecule has 0 bridgehead atoms. The van der Waals surface area contributed by atoms with Gasteiger partial charge in [0.1, 0.15) is 5.82 Å². The number of hydrogen-bond donors (Lipinski definition) is 1. The van der Waals surface area contributed by atoms with Crippen LogP contribution in [0.15, 0.2) is 42.6 Å². The van der Waals surface area contributed by atoms with Gasteiger partial charge in [-0.05, 0) is 31.2 Å². The second-order valence-corrected chi connectivity index (χ2v) is 6.64. The number of amides is 2. The summed E-state index contributed by atoms with van der Waals surface area (Å²) in [5.41, 5.74) is 0.237. The summed E-state index contributed by atoms with van der Waals surface area (Å²) in [6, 6.07) is 8.29. The standard InChI is InChI=1S/C19H19F3N4O2/c1-12-9-17(27)24-14-5-3-4-6-15(14)26(12)18(28)11-25(2)16-10-13(7-8-23-16)19(20,21)22/h3-8,10,12H,9,11H2,1-2H3,(H,24,27). The molecule has 1 aromatic heterocycles. The number of halogens is 3. The molecule has 28 heavy (non-hydrogen) atoms. The summed E-state index contributed by atoms with van der Waals surface area (Å²) >= 11 is 0. The first-order chi connectivity index (χ1) is 13.2. The second-order valence-electron chi connectivity index (χ2n) is 6.64. The topological polar surface area (TPSA) is 65.5 Å². The van der Waals surface area contributed by atoms with E-state index in [2.05, 4.69) is 10.3 Å². The normalized spacial score (nSPS) is 16.8. The third-order valence-corrected chi connectivity index (χ3v) is 4.46. The van der Waals surface area contributed by atoms with Gasteiger partial charge in [0.25, 0.3) is 0 Å². The Balaban J connectivity index is 1.85. The van der Waals surface area contributed by atoms with Crippen LogP contribution in [0, 0.1) is 0 Å². The predicted octanol–water partition coefficient (Wildman–Crippen LogP) is 3.30. The van der Waals surface area contributed by atoms with Crippen molar-refractivity contribution in [3.63, 3.8) is 0 Å². The second kappa shape index (κ2) is 7.49. The Bertz CT molecular complexity index is 901. The molecule has 1 aromatic carbocycles. The molecular formula is C19H19F3N4O2. The largest absolute Gasteiger partial charge is 0.416 e. The SMILES string of the molecule is CC1CC(=O)Nc2ccccc2N1C(=O)CN(C)c1cc(C(F)(F)F)ccn1. The Hall–Kier alpha value is -3.10. The minimum Gasteiger partial charge on any atom is -0.350 e. The van der Waals surface area contributed by atoms with Crippen LogP contribution in [0.2, 0.25) is 0 Å². The molecule has 1 unspecified atom stereocenters. The van der Waals surface area contributed by atoms with Crippen molar-refractivity contribution < 1.29 is 22.8 Å². The molecule has 0 fully saturated rings. The molecule has 0 saturated heterocycles. The van der Waals surface area contributed by atoms with Gasteiger partial charge >= 0.3 is 6.18 Å². The number of benzene rings is 1. The summed E-state index contributed by atoms with van der Waals surface area (Å²) in [5, 5.41) is 2.76. The van der Waals surface area contributed by atoms with Crippen molar-refractivity contribution in [3.8, 4) is 0 Å². The van der Waals surface area contributed by atoms with Gasteiger partial charge in [0.05, 0.1) is 23.5 Å². The maximum atomic E-state index is 13.0. The Labute approximate surface area is 160 Å². The van der Waals surface area contributed by atoms with E-state index in [1.165, 1.54) is 16.8 Å². The van der Waals surface area contributed by atoms with E-state index < -0.39 is 17.8 Å². The highest BCUT2D eigenvalue weighted by Gasteiger charge is 2.32. The summed E-state index contributed by atoms with van der Waals surface area (Å²) in [4.78, 5) is 31.8. The zero-order valence-electron chi connectivity index (χ0n) is 15.3. The van der Waals surface area contributed by atoms with E-state index in [1.807, 2.05) is 0 Å². The lowest BCUT2D eigenvalue weighted by atomic mass is 10.1. The quantitative estimate of drug-likeness (QED) is 0.871. The van der Waals surface area contributed by atoms with Crippen LogP contribution in [0.3, 0.4) is 0 Å². The molecule has 0 saturated carbocycles. The van der Waals surface area contributed by atoms with E-state index in [-0.39, 0.29) is 30.6 Å². The number of aromatic nitrogens is 1. The monoisotopic (exact) mass is 392 g/mol. The molecule has 148 valence electrons. The molecule has 2 aromatic rings. The summed E-state index contributed by atoms with van der Waals surface area (Å²) < 4.78 is 38.8. The van der Waals surface area contributed by atoms with Gasteiger partial charge in [-0.15, -0.1) is 0 Å². The maximum absolute atomic E-state index is 13.0. The van der Waals surface area contributed by atoms with E-state index in [4.69, 9.17) is 0 Å². The minimum atomic E-state index is -4.49. The molecule has 2 amide bonds. The number of fused-ring (bicyclic) bond motifs is 1. The van der Waals surface area contributed by atoms with Crippen LogP contribution < -0.4 is 15.1 Å². The predicted molar refractivity (Wildman–Crippen MR) is 99.1 cm³/mol. The molecule has 9 heteroatoms. The number of hydrogen-bond acceptors (Lipinski definition) is 4. The summed E-state index contributed by atoms with van der Waals surface area (Å²) in [5.74, 6) is -0.519. The Kier molecular flexibility index (Phi) is 5.26. The van der Waals surface area contributed by atoms with Gasteiger partial charge < -0.3 is 15.1 Å². The Morgan fingerprint density at radius 1 is 1.32 bits per heavy atom. The van der Waals surface area contributed by atoms with E-state index in [0.29, 0.717) is 11.4 Å². The molecule has 2 heterocycles. The van der Waals surface area contributed by atoms with Crippen molar-refractivity contribution in [1.29, 1.82) is 0 Å². The molecule has 0 spiro atoms. The number of nitrogens with zero attached hydrogens (tertiary/aromatic N) is 3. The third-order valence-electron chi connectivity index (χ3n) is 4.46. The number of likely N-dealkylation sites (N-methyl/N-ethyl adjacent to an activating group) is 1. The van der Waals surface area contributed by atoms with Gasteiger partial charge in [-0.2, -0.15) is 13.2 Å². The van der Waals surface area contributed by atoms with Gasteiger partial charge in [-0.3, -0.25) is 9.59 Å². The zero-order valence-corrected chi connectivity index (χ0v) is 15.3. The maximum Gasteiger partial charge on any atom is 0.416 e. The minimum absolute atomic E-state index is 0.0353.